The van der Waals surface area contributed by atoms with E-state index in [4.69, 9.17) is 23.2 Å². The number of nitrogens with one attached hydrogen (secondary N) is 2. The number of hydrogen-bond donors (Lipinski definition) is 2. The van der Waals surface area contributed by atoms with E-state index in [1.54, 1.807) is 38.2 Å². The van der Waals surface area contributed by atoms with E-state index < -0.39 is 28.0 Å². The molecule has 2 aromatic heterocycles. The summed E-state index contributed by atoms with van der Waals surface area (Å²) in [5.74, 6) is -0.582. The largest absolute Gasteiger partial charge is 0.324 e. The second kappa shape index (κ2) is 10.4. The van der Waals surface area contributed by atoms with Crippen molar-refractivity contribution in [3.63, 3.8) is 0 Å². The second-order valence-corrected chi connectivity index (χ2v) is 9.66. The van der Waals surface area contributed by atoms with Crippen LogP contribution in [0.5, 0.6) is 0 Å². The molecule has 0 atom stereocenters. The molecule has 0 fully saturated rings. The van der Waals surface area contributed by atoms with Crippen molar-refractivity contribution in [1.82, 2.24) is 19.5 Å². The summed E-state index contributed by atoms with van der Waals surface area (Å²) >= 11 is 11.6. The summed E-state index contributed by atoms with van der Waals surface area (Å²) < 4.78 is 29.4. The highest BCUT2D eigenvalue weighted by Crippen LogP contribution is 2.26. The minimum Gasteiger partial charge on any atom is -0.324 e. The van der Waals surface area contributed by atoms with E-state index in [1.807, 2.05) is 12.1 Å². The Bertz CT molecular complexity index is 1340. The van der Waals surface area contributed by atoms with Crippen LogP contribution in [-0.4, -0.2) is 35.6 Å². The van der Waals surface area contributed by atoms with Crippen LogP contribution in [-0.2, 0) is 27.8 Å². The molecule has 2 heterocycles. The Labute approximate surface area is 200 Å². The molecule has 1 amide bonds. The number of halogens is 2. The van der Waals surface area contributed by atoms with Crippen LogP contribution in [0.1, 0.15) is 16.8 Å². The van der Waals surface area contributed by atoms with Gasteiger partial charge in [0.25, 0.3) is 5.56 Å². The number of pyridine rings is 1. The van der Waals surface area contributed by atoms with Gasteiger partial charge >= 0.3 is 0 Å². The fraction of sp³-hybridized carbons (Fsp3) is 0.238. The molecule has 3 aromatic rings. The van der Waals surface area contributed by atoms with Crippen LogP contribution in [0.3, 0.4) is 0 Å². The zero-order valence-corrected chi connectivity index (χ0v) is 20.1. The van der Waals surface area contributed by atoms with Crippen LogP contribution in [0.2, 0.25) is 10.0 Å². The topological polar surface area (TPSA) is 123 Å². The highest BCUT2D eigenvalue weighted by Gasteiger charge is 2.22. The molecule has 3 rings (SSSR count). The van der Waals surface area contributed by atoms with Crippen molar-refractivity contribution in [3.8, 4) is 0 Å². The van der Waals surface area contributed by atoms with Gasteiger partial charge in [0.1, 0.15) is 11.6 Å². The second-order valence-electron chi connectivity index (χ2n) is 7.17. The standard InChI is InChI=1S/C21H21Cl2N5O4S/c1-13-6-7-17(27-18(29)12-28-21(30)19(23)16(22)11-25-28)14(2)20(13)33(31,32)26-10-8-15-5-3-4-9-24-15/h3-7,9,11,26H,8,10,12H2,1-2H3,(H,27,29). The molecule has 0 saturated carbocycles. The monoisotopic (exact) mass is 509 g/mol. The van der Waals surface area contributed by atoms with Crippen LogP contribution < -0.4 is 15.6 Å². The maximum atomic E-state index is 13.0. The predicted molar refractivity (Wildman–Crippen MR) is 126 cm³/mol. The number of carbonyl (C=O) groups excluding carboxylic acids is 1. The molecule has 33 heavy (non-hydrogen) atoms. The number of carbonyl (C=O) groups is 1. The lowest BCUT2D eigenvalue weighted by molar-refractivity contribution is -0.117. The van der Waals surface area contributed by atoms with Gasteiger partial charge in [-0.05, 0) is 43.2 Å². The van der Waals surface area contributed by atoms with Crippen molar-refractivity contribution in [3.05, 3.63) is 79.9 Å². The molecule has 0 aliphatic rings. The summed E-state index contributed by atoms with van der Waals surface area (Å²) in [4.78, 5) is 28.8. The lowest BCUT2D eigenvalue weighted by Gasteiger charge is -2.16. The van der Waals surface area contributed by atoms with Gasteiger partial charge < -0.3 is 5.32 Å². The van der Waals surface area contributed by atoms with Crippen LogP contribution >= 0.6 is 23.2 Å². The molecule has 2 N–H and O–H groups in total. The lowest BCUT2D eigenvalue weighted by atomic mass is 10.1. The molecular weight excluding hydrogens is 489 g/mol. The van der Waals surface area contributed by atoms with E-state index in [2.05, 4.69) is 20.1 Å². The number of hydrogen-bond acceptors (Lipinski definition) is 6. The Morgan fingerprint density at radius 3 is 2.61 bits per heavy atom. The van der Waals surface area contributed by atoms with Gasteiger partial charge in [-0.2, -0.15) is 5.10 Å². The number of aromatic nitrogens is 3. The first-order valence-corrected chi connectivity index (χ1v) is 12.0. The third-order valence-electron chi connectivity index (χ3n) is 4.78. The minimum atomic E-state index is -3.85. The van der Waals surface area contributed by atoms with Gasteiger partial charge in [0.2, 0.25) is 15.9 Å². The van der Waals surface area contributed by atoms with Crippen LogP contribution in [0.15, 0.2) is 52.4 Å². The molecule has 0 saturated heterocycles. The normalized spacial score (nSPS) is 11.4. The molecule has 0 spiro atoms. The van der Waals surface area contributed by atoms with Gasteiger partial charge in [-0.3, -0.25) is 14.6 Å². The fourth-order valence-electron chi connectivity index (χ4n) is 3.19. The first-order valence-electron chi connectivity index (χ1n) is 9.81. The summed E-state index contributed by atoms with van der Waals surface area (Å²) in [6, 6.07) is 8.63. The van der Waals surface area contributed by atoms with E-state index in [0.717, 1.165) is 16.6 Å². The maximum Gasteiger partial charge on any atom is 0.287 e. The number of nitrogens with zero attached hydrogens (tertiary/aromatic N) is 3. The predicted octanol–water partition coefficient (Wildman–Crippen LogP) is 2.72. The highest BCUT2D eigenvalue weighted by atomic mass is 35.5. The number of anilines is 1. The Balaban J connectivity index is 1.76. The molecule has 0 unspecified atom stereocenters. The SMILES string of the molecule is Cc1ccc(NC(=O)Cn2ncc(Cl)c(Cl)c2=O)c(C)c1S(=O)(=O)NCCc1ccccn1. The Kier molecular flexibility index (Phi) is 7.85. The molecule has 9 nitrogen and oxygen atoms in total. The molecular formula is C21H21Cl2N5O4S. The average molecular weight is 510 g/mol. The van der Waals surface area contributed by atoms with Gasteiger partial charge in [0, 0.05) is 30.5 Å². The number of benzene rings is 1. The number of sulfonamides is 1. The highest BCUT2D eigenvalue weighted by molar-refractivity contribution is 7.89. The van der Waals surface area contributed by atoms with Gasteiger partial charge in [-0.15, -0.1) is 0 Å². The Morgan fingerprint density at radius 1 is 1.15 bits per heavy atom. The average Bonchev–Trinajstić information content (AvgIpc) is 2.77. The van der Waals surface area contributed by atoms with Crippen molar-refractivity contribution in [2.75, 3.05) is 11.9 Å². The molecule has 1 aromatic carbocycles. The van der Waals surface area contributed by atoms with E-state index in [9.17, 15) is 18.0 Å². The third-order valence-corrected chi connectivity index (χ3v) is 7.28. The van der Waals surface area contributed by atoms with Crippen molar-refractivity contribution in [1.29, 1.82) is 0 Å². The lowest BCUT2D eigenvalue weighted by Crippen LogP contribution is -2.30. The van der Waals surface area contributed by atoms with Crippen molar-refractivity contribution in [2.45, 2.75) is 31.7 Å². The van der Waals surface area contributed by atoms with E-state index in [1.165, 1.54) is 0 Å². The van der Waals surface area contributed by atoms with Crippen molar-refractivity contribution < 1.29 is 13.2 Å². The van der Waals surface area contributed by atoms with Crippen molar-refractivity contribution in [2.24, 2.45) is 0 Å². The van der Waals surface area contributed by atoms with E-state index in [-0.39, 0.29) is 21.5 Å². The van der Waals surface area contributed by atoms with Crippen LogP contribution in [0.25, 0.3) is 0 Å². The number of aryl methyl sites for hydroxylation is 1. The van der Waals surface area contributed by atoms with Crippen molar-refractivity contribution >= 4 is 44.8 Å². The summed E-state index contributed by atoms with van der Waals surface area (Å²) in [5.41, 5.74) is 1.24. The quantitative estimate of drug-likeness (QED) is 0.481. The van der Waals surface area contributed by atoms with Gasteiger partial charge in [-0.25, -0.2) is 17.8 Å². The first kappa shape index (κ1) is 24.8. The molecule has 0 radical (unpaired) electrons. The van der Waals surface area contributed by atoms with Gasteiger partial charge in [0.15, 0.2) is 0 Å². The zero-order valence-electron chi connectivity index (χ0n) is 17.8. The summed E-state index contributed by atoms with van der Waals surface area (Å²) in [6.07, 6.45) is 3.24. The van der Waals surface area contributed by atoms with Gasteiger partial charge in [0.05, 0.1) is 16.1 Å². The Hall–Kier alpha value is -2.79. The number of rotatable bonds is 8. The van der Waals surface area contributed by atoms with Crippen LogP contribution in [0.4, 0.5) is 5.69 Å². The third kappa shape index (κ3) is 5.97. The van der Waals surface area contributed by atoms with E-state index in [0.29, 0.717) is 23.2 Å². The maximum absolute atomic E-state index is 13.0. The smallest absolute Gasteiger partial charge is 0.287 e. The molecule has 0 aliphatic carbocycles. The minimum absolute atomic E-state index is 0.0157. The zero-order chi connectivity index (χ0) is 24.2. The molecule has 174 valence electrons. The van der Waals surface area contributed by atoms with Gasteiger partial charge in [-0.1, -0.05) is 35.3 Å². The first-order chi connectivity index (χ1) is 15.6. The fourth-order valence-corrected chi connectivity index (χ4v) is 4.98. The number of amides is 1. The summed E-state index contributed by atoms with van der Waals surface area (Å²) in [5, 5.41) is 6.16. The van der Waals surface area contributed by atoms with Crippen LogP contribution in [0, 0.1) is 13.8 Å². The molecule has 0 bridgehead atoms. The Morgan fingerprint density at radius 2 is 1.91 bits per heavy atom. The molecule has 0 aliphatic heterocycles. The molecule has 12 heteroatoms. The summed E-state index contributed by atoms with van der Waals surface area (Å²) in [7, 11) is -3.85. The van der Waals surface area contributed by atoms with E-state index >= 15 is 0 Å². The summed E-state index contributed by atoms with van der Waals surface area (Å²) in [6.45, 7) is 3.01.